The van der Waals surface area contributed by atoms with Gasteiger partial charge in [-0.25, -0.2) is 0 Å². The molecule has 0 radical (unpaired) electrons. The van der Waals surface area contributed by atoms with Crippen LogP contribution in [0.1, 0.15) is 0 Å². The van der Waals surface area contributed by atoms with Gasteiger partial charge in [0.2, 0.25) is 5.91 Å². The second-order valence-electron chi connectivity index (χ2n) is 4.71. The van der Waals surface area contributed by atoms with Gasteiger partial charge in [0, 0.05) is 18.3 Å². The van der Waals surface area contributed by atoms with E-state index in [2.05, 4.69) is 15.5 Å². The number of hydrogen-bond donors (Lipinski definition) is 2. The topological polar surface area (TPSA) is 130 Å². The first-order valence-corrected chi connectivity index (χ1v) is 6.55. The molecule has 2 amide bonds. The first kappa shape index (κ1) is 14.5. The van der Waals surface area contributed by atoms with Crippen molar-refractivity contribution in [3.63, 3.8) is 0 Å². The summed E-state index contributed by atoms with van der Waals surface area (Å²) in [6.45, 7) is -0.522. The minimum atomic E-state index is -0.580. The molecule has 1 aliphatic rings. The van der Waals surface area contributed by atoms with Crippen molar-refractivity contribution in [3.05, 3.63) is 40.7 Å². The highest BCUT2D eigenvalue weighted by molar-refractivity contribution is 6.05. The Morgan fingerprint density at radius 3 is 3.04 bits per heavy atom. The fourth-order valence-corrected chi connectivity index (χ4v) is 2.14. The summed E-state index contributed by atoms with van der Waals surface area (Å²) in [6.07, 6.45) is 2.90. The lowest BCUT2D eigenvalue weighted by Gasteiger charge is -2.28. The number of ether oxygens (including phenoxy) is 1. The molecule has 0 atom stereocenters. The van der Waals surface area contributed by atoms with Gasteiger partial charge in [-0.1, -0.05) is 0 Å². The fraction of sp³-hybridized carbons (Fsp3) is 0.154. The van der Waals surface area contributed by atoms with E-state index in [1.807, 2.05) is 0 Å². The van der Waals surface area contributed by atoms with Crippen LogP contribution in [0.25, 0.3) is 0 Å². The molecule has 1 aromatic carbocycles. The van der Waals surface area contributed by atoms with Crippen molar-refractivity contribution < 1.29 is 19.2 Å². The number of hydrogen-bond acceptors (Lipinski definition) is 6. The molecule has 2 heterocycles. The predicted molar refractivity (Wildman–Crippen MR) is 78.2 cm³/mol. The highest BCUT2D eigenvalue weighted by atomic mass is 16.6. The Morgan fingerprint density at radius 2 is 2.35 bits per heavy atom. The Hall–Kier alpha value is -3.43. The number of benzene rings is 1. The molecular weight excluding hydrogens is 306 g/mol. The first-order chi connectivity index (χ1) is 11.0. The normalized spacial score (nSPS) is 13.2. The number of carbonyl (C=O) groups excluding carboxylic acids is 2. The summed E-state index contributed by atoms with van der Waals surface area (Å²) < 4.78 is 5.23. The first-order valence-electron chi connectivity index (χ1n) is 6.55. The van der Waals surface area contributed by atoms with Crippen LogP contribution in [0.2, 0.25) is 0 Å². The second-order valence-corrected chi connectivity index (χ2v) is 4.71. The zero-order chi connectivity index (χ0) is 16.4. The van der Waals surface area contributed by atoms with Crippen molar-refractivity contribution in [1.29, 1.82) is 0 Å². The number of amides is 2. The number of nitro benzene ring substituents is 1. The Labute approximate surface area is 129 Å². The van der Waals surface area contributed by atoms with E-state index in [0.717, 1.165) is 4.90 Å². The van der Waals surface area contributed by atoms with E-state index in [1.54, 1.807) is 0 Å². The van der Waals surface area contributed by atoms with Gasteiger partial charge in [0.15, 0.2) is 6.61 Å². The van der Waals surface area contributed by atoms with E-state index >= 15 is 0 Å². The molecule has 1 aromatic heterocycles. The van der Waals surface area contributed by atoms with Crippen LogP contribution in [0.15, 0.2) is 30.6 Å². The minimum Gasteiger partial charge on any atom is -0.482 e. The summed E-state index contributed by atoms with van der Waals surface area (Å²) in [5.41, 5.74) is 0.454. The van der Waals surface area contributed by atoms with Gasteiger partial charge in [-0.15, -0.1) is 0 Å². The Balaban J connectivity index is 1.84. The van der Waals surface area contributed by atoms with Crippen molar-refractivity contribution in [2.75, 3.05) is 23.4 Å². The number of fused-ring (bicyclic) bond motifs is 1. The van der Waals surface area contributed by atoms with E-state index in [4.69, 9.17) is 4.74 Å². The molecule has 0 unspecified atom stereocenters. The summed E-state index contributed by atoms with van der Waals surface area (Å²) in [7, 11) is 0. The molecule has 2 N–H and O–H groups in total. The maximum atomic E-state index is 12.0. The standard InChI is InChI=1S/C13H11N5O5/c19-12(16-8-4-14-15-5-8)6-17-10-3-9(18(21)22)1-2-11(10)23-7-13(17)20/h1-5H,6-7H2,(H,14,15)(H,16,19). The van der Waals surface area contributed by atoms with Crippen molar-refractivity contribution >= 4 is 28.9 Å². The number of aromatic nitrogens is 2. The van der Waals surface area contributed by atoms with Crippen LogP contribution in [0.4, 0.5) is 17.1 Å². The maximum Gasteiger partial charge on any atom is 0.271 e. The van der Waals surface area contributed by atoms with E-state index in [9.17, 15) is 19.7 Å². The number of carbonyl (C=O) groups is 2. The van der Waals surface area contributed by atoms with Crippen molar-refractivity contribution in [1.82, 2.24) is 10.2 Å². The lowest BCUT2D eigenvalue weighted by Crippen LogP contribution is -2.43. The molecule has 0 spiro atoms. The van der Waals surface area contributed by atoms with Crippen LogP contribution >= 0.6 is 0 Å². The molecule has 10 nitrogen and oxygen atoms in total. The van der Waals surface area contributed by atoms with Crippen molar-refractivity contribution in [2.45, 2.75) is 0 Å². The van der Waals surface area contributed by atoms with Crippen LogP contribution in [-0.2, 0) is 9.59 Å². The van der Waals surface area contributed by atoms with Crippen molar-refractivity contribution in [2.24, 2.45) is 0 Å². The molecule has 118 valence electrons. The number of non-ortho nitro benzene ring substituents is 1. The molecule has 0 saturated heterocycles. The van der Waals surface area contributed by atoms with E-state index in [1.165, 1.54) is 30.6 Å². The smallest absolute Gasteiger partial charge is 0.271 e. The van der Waals surface area contributed by atoms with Gasteiger partial charge >= 0.3 is 0 Å². The highest BCUT2D eigenvalue weighted by Gasteiger charge is 2.29. The summed E-state index contributed by atoms with van der Waals surface area (Å²) in [4.78, 5) is 35.5. The molecule has 2 aromatic rings. The molecule has 0 aliphatic carbocycles. The number of anilines is 2. The summed E-state index contributed by atoms with van der Waals surface area (Å²) >= 11 is 0. The van der Waals surface area contributed by atoms with Gasteiger partial charge < -0.3 is 10.1 Å². The van der Waals surface area contributed by atoms with E-state index in [0.29, 0.717) is 11.4 Å². The third kappa shape index (κ3) is 2.95. The summed E-state index contributed by atoms with van der Waals surface area (Å²) in [6, 6.07) is 3.89. The maximum absolute atomic E-state index is 12.0. The van der Waals surface area contributed by atoms with Crippen LogP contribution in [0, 0.1) is 10.1 Å². The zero-order valence-electron chi connectivity index (χ0n) is 11.7. The lowest BCUT2D eigenvalue weighted by molar-refractivity contribution is -0.384. The molecular formula is C13H11N5O5. The van der Waals surface area contributed by atoms with Crippen LogP contribution in [-0.4, -0.2) is 40.1 Å². The molecule has 23 heavy (non-hydrogen) atoms. The number of aromatic amines is 1. The minimum absolute atomic E-state index is 0.192. The third-order valence-corrected chi connectivity index (χ3v) is 3.18. The average Bonchev–Trinajstić information content (AvgIpc) is 3.02. The van der Waals surface area contributed by atoms with E-state index in [-0.39, 0.29) is 24.5 Å². The number of H-pyrrole nitrogens is 1. The van der Waals surface area contributed by atoms with E-state index < -0.39 is 16.7 Å². The number of rotatable bonds is 4. The van der Waals surface area contributed by atoms with Gasteiger partial charge in [-0.3, -0.25) is 29.7 Å². The summed E-state index contributed by atoms with van der Waals surface area (Å²) in [5.74, 6) is -0.606. The SMILES string of the molecule is O=C(CN1C(=O)COc2ccc([N+](=O)[O-])cc21)Nc1cn[nH]c1. The van der Waals surface area contributed by atoms with Gasteiger partial charge in [0.25, 0.3) is 11.6 Å². The number of nitrogens with one attached hydrogen (secondary N) is 2. The Kier molecular flexibility index (Phi) is 3.63. The quantitative estimate of drug-likeness (QED) is 0.630. The van der Waals surface area contributed by atoms with Crippen LogP contribution in [0.5, 0.6) is 5.75 Å². The van der Waals surface area contributed by atoms with Crippen LogP contribution < -0.4 is 15.0 Å². The van der Waals surface area contributed by atoms with Gasteiger partial charge in [0.1, 0.15) is 12.3 Å². The highest BCUT2D eigenvalue weighted by Crippen LogP contribution is 2.35. The third-order valence-electron chi connectivity index (χ3n) is 3.18. The Morgan fingerprint density at radius 1 is 1.52 bits per heavy atom. The zero-order valence-corrected chi connectivity index (χ0v) is 11.7. The average molecular weight is 317 g/mol. The predicted octanol–water partition coefficient (Wildman–Crippen LogP) is 0.682. The van der Waals surface area contributed by atoms with Gasteiger partial charge in [-0.05, 0) is 6.07 Å². The molecule has 0 bridgehead atoms. The van der Waals surface area contributed by atoms with Crippen molar-refractivity contribution in [3.8, 4) is 5.75 Å². The summed E-state index contributed by atoms with van der Waals surface area (Å²) in [5, 5.41) is 19.7. The molecule has 0 saturated carbocycles. The monoisotopic (exact) mass is 317 g/mol. The van der Waals surface area contributed by atoms with Gasteiger partial charge in [-0.2, -0.15) is 5.10 Å². The number of nitro groups is 1. The molecule has 1 aliphatic heterocycles. The lowest BCUT2D eigenvalue weighted by atomic mass is 10.2. The van der Waals surface area contributed by atoms with Crippen LogP contribution in [0.3, 0.4) is 0 Å². The molecule has 10 heteroatoms. The Bertz CT molecular complexity index is 773. The van der Waals surface area contributed by atoms with Gasteiger partial charge in [0.05, 0.1) is 22.5 Å². The fourth-order valence-electron chi connectivity index (χ4n) is 2.14. The largest absolute Gasteiger partial charge is 0.482 e. The molecule has 0 fully saturated rings. The number of nitrogens with zero attached hydrogens (tertiary/aromatic N) is 3. The second kappa shape index (κ2) is 5.75. The molecule has 3 rings (SSSR count).